The van der Waals surface area contributed by atoms with Crippen LogP contribution in [0.5, 0.6) is 0 Å². The zero-order chi connectivity index (χ0) is 20.0. The van der Waals surface area contributed by atoms with Crippen molar-refractivity contribution >= 4 is 17.5 Å². The molecule has 0 unspecified atom stereocenters. The molecule has 0 saturated carbocycles. The van der Waals surface area contributed by atoms with Crippen molar-refractivity contribution in [2.75, 3.05) is 11.9 Å². The zero-order valence-corrected chi connectivity index (χ0v) is 14.5. The summed E-state index contributed by atoms with van der Waals surface area (Å²) in [6.07, 6.45) is -4.64. The van der Waals surface area contributed by atoms with Crippen molar-refractivity contribution in [3.05, 3.63) is 65.5 Å². The average molecular weight is 382 g/mol. The van der Waals surface area contributed by atoms with Gasteiger partial charge in [0.2, 0.25) is 11.8 Å². The highest BCUT2D eigenvalue weighted by molar-refractivity contribution is 5.91. The maximum Gasteiger partial charge on any atom is 0.416 e. The second-order valence-corrected chi connectivity index (χ2v) is 5.91. The number of rotatable bonds is 6. The molecule has 2 aromatic carbocycles. The number of hydrogen-bond donors (Lipinski definition) is 1. The molecule has 0 atom stereocenters. The lowest BCUT2D eigenvalue weighted by Gasteiger charge is -2.21. The third kappa shape index (κ3) is 6.09. The van der Waals surface area contributed by atoms with E-state index in [2.05, 4.69) is 5.32 Å². The molecule has 2 aromatic rings. The van der Waals surface area contributed by atoms with E-state index in [1.165, 1.54) is 42.2 Å². The van der Waals surface area contributed by atoms with Gasteiger partial charge in [0.1, 0.15) is 5.82 Å². The Morgan fingerprint density at radius 3 is 2.41 bits per heavy atom. The fourth-order valence-electron chi connectivity index (χ4n) is 2.41. The van der Waals surface area contributed by atoms with Gasteiger partial charge in [-0.3, -0.25) is 9.59 Å². The fraction of sp³-hybridized carbons (Fsp3) is 0.263. The third-order valence-electron chi connectivity index (χ3n) is 3.85. The summed E-state index contributed by atoms with van der Waals surface area (Å²) in [6.45, 7) is 1.30. The Morgan fingerprint density at radius 2 is 1.78 bits per heavy atom. The minimum absolute atomic E-state index is 0.00115. The van der Waals surface area contributed by atoms with Gasteiger partial charge >= 0.3 is 6.18 Å². The minimum atomic E-state index is -4.51. The van der Waals surface area contributed by atoms with E-state index < -0.39 is 23.5 Å². The molecule has 0 aromatic heterocycles. The Balaban J connectivity index is 1.96. The van der Waals surface area contributed by atoms with Crippen LogP contribution in [0.2, 0.25) is 0 Å². The average Bonchev–Trinajstić information content (AvgIpc) is 2.59. The first kappa shape index (κ1) is 20.4. The molecule has 0 spiro atoms. The third-order valence-corrected chi connectivity index (χ3v) is 3.85. The van der Waals surface area contributed by atoms with E-state index in [1.807, 2.05) is 0 Å². The van der Waals surface area contributed by atoms with Crippen LogP contribution in [-0.2, 0) is 22.3 Å². The second-order valence-electron chi connectivity index (χ2n) is 5.91. The molecular formula is C19H18F4N2O2. The number of hydrogen-bond acceptors (Lipinski definition) is 2. The van der Waals surface area contributed by atoms with Gasteiger partial charge in [0, 0.05) is 37.7 Å². The highest BCUT2D eigenvalue weighted by Crippen LogP contribution is 2.30. The summed E-state index contributed by atoms with van der Waals surface area (Å²) in [4.78, 5) is 25.0. The van der Waals surface area contributed by atoms with Gasteiger partial charge in [-0.1, -0.05) is 24.3 Å². The largest absolute Gasteiger partial charge is 0.416 e. The van der Waals surface area contributed by atoms with Crippen molar-refractivity contribution in [1.82, 2.24) is 4.90 Å². The Kier molecular flexibility index (Phi) is 6.55. The van der Waals surface area contributed by atoms with Gasteiger partial charge in [-0.25, -0.2) is 4.39 Å². The van der Waals surface area contributed by atoms with Crippen LogP contribution >= 0.6 is 0 Å². The Labute approximate surface area is 153 Å². The Morgan fingerprint density at radius 1 is 1.07 bits per heavy atom. The van der Waals surface area contributed by atoms with E-state index in [9.17, 15) is 27.2 Å². The molecule has 0 bridgehead atoms. The second kappa shape index (κ2) is 8.66. The SMILES string of the molecule is CC(=O)N(CCC(=O)Nc1cccc(C(F)(F)F)c1)Cc1ccccc1F. The Hall–Kier alpha value is -2.90. The van der Waals surface area contributed by atoms with Gasteiger partial charge in [0.15, 0.2) is 0 Å². The standard InChI is InChI=1S/C19H18F4N2O2/c1-13(26)25(12-14-5-2-3-8-17(14)20)10-9-18(27)24-16-7-4-6-15(11-16)19(21,22)23/h2-8,11H,9-10,12H2,1H3,(H,24,27). The molecule has 0 aliphatic carbocycles. The molecule has 0 aliphatic rings. The highest BCUT2D eigenvalue weighted by atomic mass is 19.4. The van der Waals surface area contributed by atoms with Crippen LogP contribution in [0.15, 0.2) is 48.5 Å². The lowest BCUT2D eigenvalue weighted by molar-refractivity contribution is -0.137. The quantitative estimate of drug-likeness (QED) is 0.761. The molecule has 2 rings (SSSR count). The number of nitrogens with one attached hydrogen (secondary N) is 1. The van der Waals surface area contributed by atoms with E-state index in [1.54, 1.807) is 6.07 Å². The van der Waals surface area contributed by atoms with Crippen molar-refractivity contribution in [2.24, 2.45) is 0 Å². The lowest BCUT2D eigenvalue weighted by atomic mass is 10.2. The topological polar surface area (TPSA) is 49.4 Å². The van der Waals surface area contributed by atoms with Gasteiger partial charge in [-0.2, -0.15) is 13.2 Å². The van der Waals surface area contributed by atoms with Crippen LogP contribution < -0.4 is 5.32 Å². The summed E-state index contributed by atoms with van der Waals surface area (Å²) in [7, 11) is 0. The molecule has 0 saturated heterocycles. The van der Waals surface area contributed by atoms with E-state index in [0.29, 0.717) is 5.56 Å². The smallest absolute Gasteiger partial charge is 0.338 e. The number of carbonyl (C=O) groups excluding carboxylic acids is 2. The molecule has 0 radical (unpaired) electrons. The predicted molar refractivity (Wildman–Crippen MR) is 92.2 cm³/mol. The zero-order valence-electron chi connectivity index (χ0n) is 14.5. The number of amides is 2. The van der Waals surface area contributed by atoms with Crippen LogP contribution in [0.1, 0.15) is 24.5 Å². The molecule has 2 amide bonds. The summed E-state index contributed by atoms with van der Waals surface area (Å²) >= 11 is 0. The summed E-state index contributed by atoms with van der Waals surface area (Å²) in [6, 6.07) is 10.2. The monoisotopic (exact) mass is 382 g/mol. The van der Waals surface area contributed by atoms with Crippen LogP contribution in [-0.4, -0.2) is 23.3 Å². The molecule has 0 fully saturated rings. The van der Waals surface area contributed by atoms with Crippen LogP contribution in [0.25, 0.3) is 0 Å². The molecule has 4 nitrogen and oxygen atoms in total. The van der Waals surface area contributed by atoms with Gasteiger partial charge in [-0.05, 0) is 24.3 Å². The first-order valence-electron chi connectivity index (χ1n) is 8.13. The molecule has 1 N–H and O–H groups in total. The van der Waals surface area contributed by atoms with E-state index in [4.69, 9.17) is 0 Å². The molecule has 0 heterocycles. The number of nitrogens with zero attached hydrogens (tertiary/aromatic N) is 1. The maximum atomic E-state index is 13.7. The molecule has 144 valence electrons. The normalized spacial score (nSPS) is 11.1. The van der Waals surface area contributed by atoms with Gasteiger partial charge in [-0.15, -0.1) is 0 Å². The highest BCUT2D eigenvalue weighted by Gasteiger charge is 2.30. The van der Waals surface area contributed by atoms with Crippen molar-refractivity contribution < 1.29 is 27.2 Å². The summed E-state index contributed by atoms with van der Waals surface area (Å²) in [5.41, 5.74) is -0.547. The molecule has 0 aliphatic heterocycles. The maximum absolute atomic E-state index is 13.7. The van der Waals surface area contributed by atoms with E-state index >= 15 is 0 Å². The van der Waals surface area contributed by atoms with Crippen LogP contribution in [0.4, 0.5) is 23.2 Å². The molecule has 27 heavy (non-hydrogen) atoms. The van der Waals surface area contributed by atoms with Crippen LogP contribution in [0, 0.1) is 5.82 Å². The van der Waals surface area contributed by atoms with Gasteiger partial charge in [0.25, 0.3) is 0 Å². The Bertz CT molecular complexity index is 821. The number of halogens is 4. The number of alkyl halides is 3. The predicted octanol–water partition coefficient (Wildman–Crippen LogP) is 4.22. The van der Waals surface area contributed by atoms with Crippen molar-refractivity contribution in [2.45, 2.75) is 26.1 Å². The fourth-order valence-corrected chi connectivity index (χ4v) is 2.41. The number of anilines is 1. The first-order chi connectivity index (χ1) is 12.7. The van der Waals surface area contributed by atoms with Crippen molar-refractivity contribution in [1.29, 1.82) is 0 Å². The lowest BCUT2D eigenvalue weighted by Crippen LogP contribution is -2.31. The molecular weight excluding hydrogens is 364 g/mol. The summed E-state index contributed by atoms with van der Waals surface area (Å²) in [5.74, 6) is -1.35. The van der Waals surface area contributed by atoms with E-state index in [0.717, 1.165) is 12.1 Å². The van der Waals surface area contributed by atoms with Crippen molar-refractivity contribution in [3.8, 4) is 0 Å². The van der Waals surface area contributed by atoms with E-state index in [-0.39, 0.29) is 31.1 Å². The summed E-state index contributed by atoms with van der Waals surface area (Å²) in [5, 5.41) is 2.37. The van der Waals surface area contributed by atoms with Crippen LogP contribution in [0.3, 0.4) is 0 Å². The van der Waals surface area contributed by atoms with Crippen molar-refractivity contribution in [3.63, 3.8) is 0 Å². The first-order valence-corrected chi connectivity index (χ1v) is 8.13. The molecule has 8 heteroatoms. The number of carbonyl (C=O) groups is 2. The number of benzene rings is 2. The van der Waals surface area contributed by atoms with Gasteiger partial charge < -0.3 is 10.2 Å². The minimum Gasteiger partial charge on any atom is -0.338 e. The van der Waals surface area contributed by atoms with Gasteiger partial charge in [0.05, 0.1) is 5.56 Å². The summed E-state index contributed by atoms with van der Waals surface area (Å²) < 4.78 is 51.8.